The number of aliphatic hydroxyl groups excluding tert-OH is 1. The van der Waals surface area contributed by atoms with Gasteiger partial charge in [-0.1, -0.05) is 12.1 Å². The highest BCUT2D eigenvalue weighted by molar-refractivity contribution is 9.10. The molecule has 11 heteroatoms. The fraction of sp³-hybridized carbons (Fsp3) is 0.263. The minimum Gasteiger partial charge on any atom is -0.490 e. The van der Waals surface area contributed by atoms with Crippen molar-refractivity contribution in [3.63, 3.8) is 0 Å². The number of benzene rings is 2. The van der Waals surface area contributed by atoms with Gasteiger partial charge in [0.15, 0.2) is 0 Å². The molecule has 0 saturated carbocycles. The number of ether oxygens (including phenoxy) is 1. The highest BCUT2D eigenvalue weighted by Gasteiger charge is 2.36. The molecule has 0 spiro atoms. The molecule has 0 amide bonds. The molecule has 0 aliphatic carbocycles. The summed E-state index contributed by atoms with van der Waals surface area (Å²) in [6, 6.07) is 5.55. The Morgan fingerprint density at radius 2 is 2.00 bits per heavy atom. The highest BCUT2D eigenvalue weighted by atomic mass is 79.9. The predicted octanol–water partition coefficient (Wildman–Crippen LogP) is 5.75. The van der Waals surface area contributed by atoms with Crippen molar-refractivity contribution in [1.29, 1.82) is 0 Å². The molecule has 3 aromatic rings. The van der Waals surface area contributed by atoms with Crippen LogP contribution in [-0.4, -0.2) is 28.3 Å². The van der Waals surface area contributed by atoms with E-state index in [0.29, 0.717) is 5.39 Å². The summed E-state index contributed by atoms with van der Waals surface area (Å²) >= 11 is 9.02. The Labute approximate surface area is 182 Å². The molecular weight excluding hydrogens is 494 g/mol. The zero-order valence-corrected chi connectivity index (χ0v) is 17.7. The molecule has 3 rings (SSSR count). The minimum absolute atomic E-state index is 0.153. The maximum atomic E-state index is 13.9. The van der Waals surface area contributed by atoms with Gasteiger partial charge in [0.2, 0.25) is 5.28 Å². The standard InChI is InChI=1S/C19H15BrClF4N3O2/c1-9(10-3-2-4-12(19(23,24)25)16(10)30-6-5-29)26-17-11-7-13(20)14(22)8-15(11)27-18(21)28-17/h2-4,7-9,29H,5-6H2,1H3,(H,26,27,28)/t9-/m1/s1. The summed E-state index contributed by atoms with van der Waals surface area (Å²) in [6.45, 7) is 0.863. The van der Waals surface area contributed by atoms with Gasteiger partial charge in [-0.2, -0.15) is 13.2 Å². The molecule has 2 aromatic carbocycles. The maximum absolute atomic E-state index is 13.9. The van der Waals surface area contributed by atoms with E-state index in [-0.39, 0.29) is 33.3 Å². The Balaban J connectivity index is 2.06. The van der Waals surface area contributed by atoms with Crippen LogP contribution in [0.15, 0.2) is 34.8 Å². The summed E-state index contributed by atoms with van der Waals surface area (Å²) < 4.78 is 59.6. The van der Waals surface area contributed by atoms with Crippen LogP contribution in [0.4, 0.5) is 23.4 Å². The van der Waals surface area contributed by atoms with Crippen molar-refractivity contribution in [1.82, 2.24) is 9.97 Å². The van der Waals surface area contributed by atoms with Gasteiger partial charge in [0.05, 0.1) is 28.2 Å². The van der Waals surface area contributed by atoms with Crippen LogP contribution < -0.4 is 10.1 Å². The number of aromatic nitrogens is 2. The largest absolute Gasteiger partial charge is 0.490 e. The monoisotopic (exact) mass is 507 g/mol. The third kappa shape index (κ3) is 4.76. The van der Waals surface area contributed by atoms with Crippen molar-refractivity contribution in [3.05, 3.63) is 57.0 Å². The molecule has 30 heavy (non-hydrogen) atoms. The summed E-state index contributed by atoms with van der Waals surface area (Å²) in [4.78, 5) is 8.07. The Bertz CT molecular complexity index is 1080. The van der Waals surface area contributed by atoms with Crippen LogP contribution in [0.5, 0.6) is 5.75 Å². The molecule has 0 fully saturated rings. The smallest absolute Gasteiger partial charge is 0.419 e. The lowest BCUT2D eigenvalue weighted by Crippen LogP contribution is -2.16. The fourth-order valence-electron chi connectivity index (χ4n) is 2.92. The molecule has 1 atom stereocenters. The van der Waals surface area contributed by atoms with E-state index in [1.54, 1.807) is 6.92 Å². The molecule has 160 valence electrons. The number of anilines is 1. The molecule has 0 bridgehead atoms. The molecule has 0 unspecified atom stereocenters. The summed E-state index contributed by atoms with van der Waals surface area (Å²) in [7, 11) is 0. The van der Waals surface area contributed by atoms with Crippen LogP contribution in [0.2, 0.25) is 5.28 Å². The number of alkyl halides is 3. The van der Waals surface area contributed by atoms with Crippen molar-refractivity contribution in [2.45, 2.75) is 19.1 Å². The number of para-hydroxylation sites is 1. The van der Waals surface area contributed by atoms with Crippen LogP contribution in [0, 0.1) is 5.82 Å². The lowest BCUT2D eigenvalue weighted by atomic mass is 10.0. The van der Waals surface area contributed by atoms with Crippen LogP contribution in [0.1, 0.15) is 24.1 Å². The predicted molar refractivity (Wildman–Crippen MR) is 108 cm³/mol. The third-order valence-corrected chi connectivity index (χ3v) is 5.00. The van der Waals surface area contributed by atoms with Crippen LogP contribution in [0.3, 0.4) is 0 Å². The Morgan fingerprint density at radius 3 is 2.67 bits per heavy atom. The first-order valence-corrected chi connectivity index (χ1v) is 9.81. The van der Waals surface area contributed by atoms with E-state index in [9.17, 15) is 17.6 Å². The number of aliphatic hydroxyl groups is 1. The maximum Gasteiger partial charge on any atom is 0.419 e. The molecule has 0 radical (unpaired) electrons. The van der Waals surface area contributed by atoms with Crippen LogP contribution in [-0.2, 0) is 6.18 Å². The Hall–Kier alpha value is -2.17. The van der Waals surface area contributed by atoms with Crippen LogP contribution >= 0.6 is 27.5 Å². The van der Waals surface area contributed by atoms with Gasteiger partial charge in [-0.05, 0) is 46.6 Å². The van der Waals surface area contributed by atoms with E-state index < -0.39 is 36.0 Å². The van der Waals surface area contributed by atoms with Crippen molar-refractivity contribution in [2.24, 2.45) is 0 Å². The average Bonchev–Trinajstić information content (AvgIpc) is 2.66. The number of halogens is 6. The summed E-state index contributed by atoms with van der Waals surface area (Å²) in [5.74, 6) is -0.728. The summed E-state index contributed by atoms with van der Waals surface area (Å²) in [5.41, 5.74) is -0.536. The SMILES string of the molecule is C[C@@H](Nc1nc(Cl)nc2cc(F)c(Br)cc12)c1cccc(C(F)(F)F)c1OCCO. The second-order valence-electron chi connectivity index (χ2n) is 6.28. The van der Waals surface area contributed by atoms with Crippen molar-refractivity contribution in [2.75, 3.05) is 18.5 Å². The lowest BCUT2D eigenvalue weighted by Gasteiger charge is -2.22. The number of hydrogen-bond donors (Lipinski definition) is 2. The fourth-order valence-corrected chi connectivity index (χ4v) is 3.44. The lowest BCUT2D eigenvalue weighted by molar-refractivity contribution is -0.139. The molecular formula is C19H15BrClF4N3O2. The second kappa shape index (κ2) is 8.91. The highest BCUT2D eigenvalue weighted by Crippen LogP contribution is 2.41. The van der Waals surface area contributed by atoms with E-state index in [4.69, 9.17) is 21.4 Å². The van der Waals surface area contributed by atoms with Gasteiger partial charge in [-0.3, -0.25) is 0 Å². The first-order valence-electron chi connectivity index (χ1n) is 8.64. The topological polar surface area (TPSA) is 67.3 Å². The van der Waals surface area contributed by atoms with E-state index in [1.165, 1.54) is 24.3 Å². The van der Waals surface area contributed by atoms with Crippen molar-refractivity contribution < 1.29 is 27.4 Å². The second-order valence-corrected chi connectivity index (χ2v) is 7.48. The molecule has 0 saturated heterocycles. The molecule has 5 nitrogen and oxygen atoms in total. The zero-order chi connectivity index (χ0) is 22.1. The molecule has 1 aromatic heterocycles. The molecule has 0 aliphatic heterocycles. The number of fused-ring (bicyclic) bond motifs is 1. The Kier molecular flexibility index (Phi) is 6.68. The van der Waals surface area contributed by atoms with Gasteiger partial charge in [0.25, 0.3) is 0 Å². The van der Waals surface area contributed by atoms with E-state index in [1.807, 2.05) is 0 Å². The molecule has 1 heterocycles. The molecule has 2 N–H and O–H groups in total. The third-order valence-electron chi connectivity index (χ3n) is 4.22. The van der Waals surface area contributed by atoms with Gasteiger partial charge in [0, 0.05) is 17.0 Å². The number of nitrogens with one attached hydrogen (secondary N) is 1. The Morgan fingerprint density at radius 1 is 1.27 bits per heavy atom. The first-order chi connectivity index (χ1) is 14.1. The van der Waals surface area contributed by atoms with E-state index >= 15 is 0 Å². The quantitative estimate of drug-likeness (QED) is 0.328. The average molecular weight is 509 g/mol. The first kappa shape index (κ1) is 22.5. The van der Waals surface area contributed by atoms with E-state index in [0.717, 1.165) is 6.07 Å². The normalized spacial score (nSPS) is 12.8. The van der Waals surface area contributed by atoms with Crippen molar-refractivity contribution >= 4 is 44.3 Å². The molecule has 0 aliphatic rings. The van der Waals surface area contributed by atoms with Gasteiger partial charge in [-0.25, -0.2) is 14.4 Å². The summed E-state index contributed by atoms with van der Waals surface area (Å²) in [6.07, 6.45) is -4.65. The van der Waals surface area contributed by atoms with Gasteiger partial charge in [0.1, 0.15) is 24.0 Å². The van der Waals surface area contributed by atoms with Gasteiger partial charge < -0.3 is 15.2 Å². The number of rotatable bonds is 6. The number of hydrogen-bond acceptors (Lipinski definition) is 5. The van der Waals surface area contributed by atoms with Crippen LogP contribution in [0.25, 0.3) is 10.9 Å². The van der Waals surface area contributed by atoms with Crippen molar-refractivity contribution in [3.8, 4) is 5.75 Å². The van der Waals surface area contributed by atoms with E-state index in [2.05, 4.69) is 31.2 Å². The van der Waals surface area contributed by atoms with Gasteiger partial charge in [-0.15, -0.1) is 0 Å². The zero-order valence-electron chi connectivity index (χ0n) is 15.4. The summed E-state index contributed by atoms with van der Waals surface area (Å²) in [5, 5.41) is 12.3. The minimum atomic E-state index is -4.65. The number of nitrogens with zero attached hydrogens (tertiary/aromatic N) is 2. The van der Waals surface area contributed by atoms with Gasteiger partial charge >= 0.3 is 6.18 Å².